The van der Waals surface area contributed by atoms with Gasteiger partial charge in [-0.15, -0.1) is 0 Å². The molecule has 1 aliphatic carbocycles. The second kappa shape index (κ2) is 10.1. The van der Waals surface area contributed by atoms with Crippen LogP contribution >= 0.6 is 0 Å². The van der Waals surface area contributed by atoms with Gasteiger partial charge in [0.25, 0.3) is 0 Å². The van der Waals surface area contributed by atoms with Gasteiger partial charge in [0.1, 0.15) is 0 Å². The lowest BCUT2D eigenvalue weighted by Crippen LogP contribution is -1.85. The smallest absolute Gasteiger partial charge is 0.0533 e. The standard InChI is InChI=1S/C12H24.CH4/c1-2-4-6-8-10-12-11-9-7-5-3-1;/h1-12H2;1H4. The Kier molecular flexibility index (Phi) is 10.1. The number of hydrogen-bond acceptors (Lipinski definition) is 0. The molecule has 0 nitrogen and oxygen atoms in total. The lowest BCUT2D eigenvalue weighted by atomic mass is 10.0. The van der Waals surface area contributed by atoms with Crippen LogP contribution in [-0.2, 0) is 0 Å². The van der Waals surface area contributed by atoms with E-state index in [1.165, 1.54) is 77.0 Å². The van der Waals surface area contributed by atoms with Crippen molar-refractivity contribution in [3.63, 3.8) is 0 Å². The third-order valence-corrected chi connectivity index (χ3v) is 3.00. The molecule has 0 atom stereocenters. The van der Waals surface area contributed by atoms with Crippen LogP contribution in [0.1, 0.15) is 84.5 Å². The highest BCUT2D eigenvalue weighted by atomic mass is 14.0. The molecule has 0 aromatic rings. The molecule has 0 radical (unpaired) electrons. The lowest BCUT2D eigenvalue weighted by Gasteiger charge is -2.05. The fourth-order valence-corrected chi connectivity index (χ4v) is 2.12. The summed E-state index contributed by atoms with van der Waals surface area (Å²) in [6.45, 7) is 0. The van der Waals surface area contributed by atoms with Gasteiger partial charge in [0, 0.05) is 0 Å². The van der Waals surface area contributed by atoms with Crippen molar-refractivity contribution in [2.24, 2.45) is 0 Å². The molecule has 0 aliphatic heterocycles. The fourth-order valence-electron chi connectivity index (χ4n) is 2.12. The summed E-state index contributed by atoms with van der Waals surface area (Å²) in [5.41, 5.74) is 0. The predicted molar refractivity (Wildman–Crippen MR) is 62.1 cm³/mol. The maximum Gasteiger partial charge on any atom is -0.0533 e. The Morgan fingerprint density at radius 2 is 0.308 bits per heavy atom. The first-order valence-corrected chi connectivity index (χ1v) is 6.00. The monoisotopic (exact) mass is 184 g/mol. The summed E-state index contributed by atoms with van der Waals surface area (Å²) in [4.78, 5) is 0. The molecule has 0 N–H and O–H groups in total. The molecule has 1 aliphatic rings. The summed E-state index contributed by atoms with van der Waals surface area (Å²) >= 11 is 0. The fraction of sp³-hybridized carbons (Fsp3) is 1.00. The van der Waals surface area contributed by atoms with Crippen molar-refractivity contribution in [1.29, 1.82) is 0 Å². The van der Waals surface area contributed by atoms with E-state index >= 15 is 0 Å². The molecule has 80 valence electrons. The van der Waals surface area contributed by atoms with Crippen molar-refractivity contribution in [3.8, 4) is 0 Å². The van der Waals surface area contributed by atoms with Gasteiger partial charge >= 0.3 is 0 Å². The third kappa shape index (κ3) is 8.33. The Hall–Kier alpha value is 0. The highest BCUT2D eigenvalue weighted by molar-refractivity contribution is 4.51. The summed E-state index contributed by atoms with van der Waals surface area (Å²) in [6, 6.07) is 0. The minimum Gasteiger partial charge on any atom is -0.0776 e. The minimum atomic E-state index is 0. The first-order chi connectivity index (χ1) is 6.00. The normalized spacial score (nSPS) is 22.2. The zero-order valence-electron chi connectivity index (χ0n) is 8.49. The number of hydrogen-bond donors (Lipinski definition) is 0. The Morgan fingerprint density at radius 1 is 0.231 bits per heavy atom. The van der Waals surface area contributed by atoms with Gasteiger partial charge in [0.05, 0.1) is 0 Å². The molecular formula is C13H28. The van der Waals surface area contributed by atoms with Gasteiger partial charge in [-0.1, -0.05) is 84.5 Å². The van der Waals surface area contributed by atoms with Gasteiger partial charge in [-0.2, -0.15) is 0 Å². The molecule has 0 bridgehead atoms. The van der Waals surface area contributed by atoms with Gasteiger partial charge in [-0.3, -0.25) is 0 Å². The Morgan fingerprint density at radius 3 is 0.385 bits per heavy atom. The van der Waals surface area contributed by atoms with E-state index in [2.05, 4.69) is 0 Å². The molecule has 0 aromatic heterocycles. The van der Waals surface area contributed by atoms with Crippen molar-refractivity contribution in [3.05, 3.63) is 0 Å². The molecule has 0 amide bonds. The molecule has 0 heteroatoms. The van der Waals surface area contributed by atoms with Crippen LogP contribution < -0.4 is 0 Å². The Labute approximate surface area is 85.1 Å². The van der Waals surface area contributed by atoms with Crippen LogP contribution in [0.4, 0.5) is 0 Å². The second-order valence-corrected chi connectivity index (χ2v) is 4.24. The zero-order valence-corrected chi connectivity index (χ0v) is 8.49. The van der Waals surface area contributed by atoms with Crippen LogP contribution in [-0.4, -0.2) is 0 Å². The van der Waals surface area contributed by atoms with Crippen molar-refractivity contribution in [2.75, 3.05) is 0 Å². The van der Waals surface area contributed by atoms with Crippen molar-refractivity contribution in [2.45, 2.75) is 84.5 Å². The molecule has 13 heavy (non-hydrogen) atoms. The van der Waals surface area contributed by atoms with Gasteiger partial charge in [0.15, 0.2) is 0 Å². The van der Waals surface area contributed by atoms with Gasteiger partial charge in [-0.25, -0.2) is 0 Å². The molecule has 0 spiro atoms. The SMILES string of the molecule is C.C1CCCCCCCCCCC1. The molecule has 1 fully saturated rings. The van der Waals surface area contributed by atoms with Gasteiger partial charge < -0.3 is 0 Å². The van der Waals surface area contributed by atoms with Crippen LogP contribution in [0.15, 0.2) is 0 Å². The van der Waals surface area contributed by atoms with Crippen LogP contribution in [0, 0.1) is 0 Å². The molecular weight excluding hydrogens is 156 g/mol. The van der Waals surface area contributed by atoms with E-state index in [9.17, 15) is 0 Å². The van der Waals surface area contributed by atoms with Gasteiger partial charge in [-0.05, 0) is 0 Å². The summed E-state index contributed by atoms with van der Waals surface area (Å²) in [7, 11) is 0. The first-order valence-electron chi connectivity index (χ1n) is 6.00. The van der Waals surface area contributed by atoms with E-state index in [-0.39, 0.29) is 7.43 Å². The number of rotatable bonds is 0. The first kappa shape index (κ1) is 13.0. The van der Waals surface area contributed by atoms with E-state index in [1.807, 2.05) is 0 Å². The highest BCUT2D eigenvalue weighted by Crippen LogP contribution is 2.15. The van der Waals surface area contributed by atoms with E-state index in [0.29, 0.717) is 0 Å². The Balaban J connectivity index is 0.00000144. The average molecular weight is 184 g/mol. The van der Waals surface area contributed by atoms with Crippen molar-refractivity contribution in [1.82, 2.24) is 0 Å². The van der Waals surface area contributed by atoms with Crippen LogP contribution in [0.3, 0.4) is 0 Å². The second-order valence-electron chi connectivity index (χ2n) is 4.24. The predicted octanol–water partition coefficient (Wildman–Crippen LogP) is 5.32. The molecule has 0 heterocycles. The molecule has 0 unspecified atom stereocenters. The van der Waals surface area contributed by atoms with E-state index < -0.39 is 0 Å². The van der Waals surface area contributed by atoms with E-state index in [1.54, 1.807) is 0 Å². The summed E-state index contributed by atoms with van der Waals surface area (Å²) < 4.78 is 0. The zero-order chi connectivity index (χ0) is 8.49. The van der Waals surface area contributed by atoms with Crippen molar-refractivity contribution < 1.29 is 0 Å². The van der Waals surface area contributed by atoms with Gasteiger partial charge in [0.2, 0.25) is 0 Å². The average Bonchev–Trinajstić information content (AvgIpc) is 2.05. The lowest BCUT2D eigenvalue weighted by molar-refractivity contribution is 0.504. The van der Waals surface area contributed by atoms with Crippen LogP contribution in [0.2, 0.25) is 0 Å². The largest absolute Gasteiger partial charge is 0.0776 e. The Bertz CT molecular complexity index is 43.0. The summed E-state index contributed by atoms with van der Waals surface area (Å²) in [5.74, 6) is 0. The molecule has 1 rings (SSSR count). The topological polar surface area (TPSA) is 0 Å². The third-order valence-electron chi connectivity index (χ3n) is 3.00. The van der Waals surface area contributed by atoms with E-state index in [0.717, 1.165) is 0 Å². The maximum atomic E-state index is 1.50. The quantitative estimate of drug-likeness (QED) is 0.478. The molecule has 1 saturated carbocycles. The minimum absolute atomic E-state index is 0. The van der Waals surface area contributed by atoms with Crippen LogP contribution in [0.5, 0.6) is 0 Å². The van der Waals surface area contributed by atoms with Crippen LogP contribution in [0.25, 0.3) is 0 Å². The molecule has 0 aromatic carbocycles. The molecule has 0 saturated heterocycles. The van der Waals surface area contributed by atoms with Crippen molar-refractivity contribution >= 4 is 0 Å². The summed E-state index contributed by atoms with van der Waals surface area (Å²) in [5, 5.41) is 0. The van der Waals surface area contributed by atoms with E-state index in [4.69, 9.17) is 0 Å². The summed E-state index contributed by atoms with van der Waals surface area (Å²) in [6.07, 6.45) is 18.0. The highest BCUT2D eigenvalue weighted by Gasteiger charge is 1.96. The maximum absolute atomic E-state index is 1.50.